The van der Waals surface area contributed by atoms with Gasteiger partial charge in [-0.2, -0.15) is 0 Å². The number of aryl methyl sites for hydroxylation is 1. The number of phenols is 1. The Morgan fingerprint density at radius 1 is 1.32 bits per heavy atom. The Bertz CT molecular complexity index is 482. The number of amides is 1. The number of rotatable bonds is 5. The summed E-state index contributed by atoms with van der Waals surface area (Å²) in [4.78, 5) is 24.4. The average molecular weight is 265 g/mol. The molecule has 5 nitrogen and oxygen atoms in total. The van der Waals surface area contributed by atoms with Crippen molar-refractivity contribution in [1.29, 1.82) is 0 Å². The third-order valence-electron chi connectivity index (χ3n) is 2.67. The first kappa shape index (κ1) is 15.0. The number of aromatic hydroxyl groups is 1. The topological polar surface area (TPSA) is 77.8 Å². The lowest BCUT2D eigenvalue weighted by atomic mass is 10.1. The first-order chi connectivity index (χ1) is 8.82. The van der Waals surface area contributed by atoms with Crippen LogP contribution in [0.4, 0.5) is 0 Å². The lowest BCUT2D eigenvalue weighted by Crippen LogP contribution is -2.38. The van der Waals surface area contributed by atoms with Crippen molar-refractivity contribution in [2.75, 3.05) is 13.1 Å². The average Bonchev–Trinajstić information content (AvgIpc) is 2.30. The van der Waals surface area contributed by atoms with Crippen LogP contribution < -0.4 is 0 Å². The summed E-state index contributed by atoms with van der Waals surface area (Å²) < 4.78 is 0. The molecule has 0 aromatic heterocycles. The molecule has 1 amide bonds. The number of aliphatic carboxylic acids is 1. The monoisotopic (exact) mass is 265 g/mol. The Balaban J connectivity index is 3.04. The number of nitrogens with zero attached hydrogens (tertiary/aromatic N) is 1. The van der Waals surface area contributed by atoms with E-state index in [1.807, 2.05) is 13.8 Å². The van der Waals surface area contributed by atoms with Gasteiger partial charge in [0.2, 0.25) is 0 Å². The van der Waals surface area contributed by atoms with Gasteiger partial charge in [0.25, 0.3) is 5.91 Å². The van der Waals surface area contributed by atoms with Gasteiger partial charge in [-0.1, -0.05) is 26.0 Å². The van der Waals surface area contributed by atoms with Crippen molar-refractivity contribution in [2.45, 2.75) is 20.8 Å². The molecule has 0 saturated heterocycles. The summed E-state index contributed by atoms with van der Waals surface area (Å²) in [7, 11) is 0. The molecule has 1 aromatic carbocycles. The van der Waals surface area contributed by atoms with Crippen LogP contribution in [0.2, 0.25) is 0 Å². The maximum absolute atomic E-state index is 12.3. The zero-order valence-corrected chi connectivity index (χ0v) is 11.4. The van der Waals surface area contributed by atoms with Crippen LogP contribution in [0, 0.1) is 12.8 Å². The fourth-order valence-corrected chi connectivity index (χ4v) is 1.83. The first-order valence-electron chi connectivity index (χ1n) is 6.12. The molecule has 1 rings (SSSR count). The highest BCUT2D eigenvalue weighted by molar-refractivity contribution is 5.98. The van der Waals surface area contributed by atoms with E-state index < -0.39 is 11.9 Å². The zero-order valence-electron chi connectivity index (χ0n) is 11.4. The van der Waals surface area contributed by atoms with Crippen molar-refractivity contribution in [1.82, 2.24) is 4.90 Å². The minimum Gasteiger partial charge on any atom is -0.507 e. The Kier molecular flexibility index (Phi) is 4.92. The van der Waals surface area contributed by atoms with Gasteiger partial charge in [-0.25, -0.2) is 0 Å². The van der Waals surface area contributed by atoms with Gasteiger partial charge in [0.05, 0.1) is 5.56 Å². The summed E-state index contributed by atoms with van der Waals surface area (Å²) in [5, 5.41) is 18.8. The van der Waals surface area contributed by atoms with Crippen LogP contribution in [-0.4, -0.2) is 40.1 Å². The first-order valence-corrected chi connectivity index (χ1v) is 6.12. The number of hydrogen-bond acceptors (Lipinski definition) is 3. The quantitative estimate of drug-likeness (QED) is 0.852. The number of carbonyl (C=O) groups is 2. The van der Waals surface area contributed by atoms with E-state index in [9.17, 15) is 14.7 Å². The maximum Gasteiger partial charge on any atom is 0.323 e. The van der Waals surface area contributed by atoms with Crippen LogP contribution in [0.1, 0.15) is 29.8 Å². The van der Waals surface area contributed by atoms with E-state index in [0.29, 0.717) is 12.1 Å². The van der Waals surface area contributed by atoms with Crippen LogP contribution >= 0.6 is 0 Å². The van der Waals surface area contributed by atoms with Crippen LogP contribution in [0.25, 0.3) is 0 Å². The molecule has 0 aliphatic heterocycles. The van der Waals surface area contributed by atoms with Crippen LogP contribution in [0.5, 0.6) is 5.75 Å². The van der Waals surface area contributed by atoms with Crippen LogP contribution in [0.3, 0.4) is 0 Å². The Hall–Kier alpha value is -2.04. The summed E-state index contributed by atoms with van der Waals surface area (Å²) in [6, 6.07) is 4.85. The molecule has 19 heavy (non-hydrogen) atoms. The lowest BCUT2D eigenvalue weighted by Gasteiger charge is -2.23. The molecular weight excluding hydrogens is 246 g/mol. The molecule has 104 valence electrons. The Morgan fingerprint density at radius 2 is 1.95 bits per heavy atom. The van der Waals surface area contributed by atoms with Crippen LogP contribution in [-0.2, 0) is 4.79 Å². The van der Waals surface area contributed by atoms with Crippen molar-refractivity contribution < 1.29 is 19.8 Å². The number of carboxylic acid groups (broad SMARTS) is 1. The lowest BCUT2D eigenvalue weighted by molar-refractivity contribution is -0.137. The van der Waals surface area contributed by atoms with Crippen molar-refractivity contribution in [3.8, 4) is 5.75 Å². The van der Waals surface area contributed by atoms with E-state index in [1.54, 1.807) is 19.1 Å². The Labute approximate surface area is 112 Å². The SMILES string of the molecule is Cc1cccc(C(=O)N(CC(=O)O)CC(C)C)c1O. The third kappa shape index (κ3) is 3.98. The molecule has 0 fully saturated rings. The van der Waals surface area contributed by atoms with Crippen molar-refractivity contribution in [3.05, 3.63) is 29.3 Å². The third-order valence-corrected chi connectivity index (χ3v) is 2.67. The van der Waals surface area contributed by atoms with E-state index in [1.165, 1.54) is 11.0 Å². The smallest absolute Gasteiger partial charge is 0.323 e. The van der Waals surface area contributed by atoms with Gasteiger partial charge in [0.1, 0.15) is 12.3 Å². The highest BCUT2D eigenvalue weighted by Gasteiger charge is 2.22. The summed E-state index contributed by atoms with van der Waals surface area (Å²) in [6.07, 6.45) is 0. The molecular formula is C14H19NO4. The van der Waals surface area contributed by atoms with Crippen molar-refractivity contribution >= 4 is 11.9 Å². The maximum atomic E-state index is 12.3. The number of carbonyl (C=O) groups excluding carboxylic acids is 1. The van der Waals surface area contributed by atoms with Gasteiger partial charge >= 0.3 is 5.97 Å². The van der Waals surface area contributed by atoms with Gasteiger partial charge in [0, 0.05) is 6.54 Å². The molecule has 2 N–H and O–H groups in total. The highest BCUT2D eigenvalue weighted by atomic mass is 16.4. The molecule has 0 aliphatic rings. The summed E-state index contributed by atoms with van der Waals surface area (Å²) in [5.41, 5.74) is 0.729. The second-order valence-corrected chi connectivity index (χ2v) is 4.94. The molecule has 0 atom stereocenters. The normalized spacial score (nSPS) is 10.5. The van der Waals surface area contributed by atoms with Gasteiger partial charge in [-0.3, -0.25) is 9.59 Å². The molecule has 0 saturated carbocycles. The molecule has 1 aromatic rings. The minimum absolute atomic E-state index is 0.0911. The molecule has 5 heteroatoms. The second-order valence-electron chi connectivity index (χ2n) is 4.94. The number of phenolic OH excluding ortho intramolecular Hbond substituents is 1. The minimum atomic E-state index is -1.07. The summed E-state index contributed by atoms with van der Waals surface area (Å²) in [6.45, 7) is 5.45. The number of benzene rings is 1. The van der Waals surface area contributed by atoms with E-state index in [0.717, 1.165) is 0 Å². The fourth-order valence-electron chi connectivity index (χ4n) is 1.83. The molecule has 0 aliphatic carbocycles. The predicted molar refractivity (Wildman–Crippen MR) is 71.2 cm³/mol. The van der Waals surface area contributed by atoms with Crippen LogP contribution in [0.15, 0.2) is 18.2 Å². The van der Waals surface area contributed by atoms with E-state index in [2.05, 4.69) is 0 Å². The van der Waals surface area contributed by atoms with Gasteiger partial charge in [-0.05, 0) is 24.5 Å². The standard InChI is InChI=1S/C14H19NO4/c1-9(2)7-15(8-12(16)17)14(19)11-6-4-5-10(3)13(11)18/h4-6,9,18H,7-8H2,1-3H3,(H,16,17). The van der Waals surface area contributed by atoms with E-state index in [-0.39, 0.29) is 23.8 Å². The van der Waals surface area contributed by atoms with Gasteiger partial charge in [0.15, 0.2) is 0 Å². The van der Waals surface area contributed by atoms with Crippen molar-refractivity contribution in [3.63, 3.8) is 0 Å². The fraction of sp³-hybridized carbons (Fsp3) is 0.429. The summed E-state index contributed by atoms with van der Waals surface area (Å²) >= 11 is 0. The van der Waals surface area contributed by atoms with Gasteiger partial charge < -0.3 is 15.1 Å². The number of hydrogen-bond donors (Lipinski definition) is 2. The van der Waals surface area contributed by atoms with E-state index >= 15 is 0 Å². The molecule has 0 bridgehead atoms. The van der Waals surface area contributed by atoms with Gasteiger partial charge in [-0.15, -0.1) is 0 Å². The van der Waals surface area contributed by atoms with E-state index in [4.69, 9.17) is 5.11 Å². The van der Waals surface area contributed by atoms with Crippen molar-refractivity contribution in [2.24, 2.45) is 5.92 Å². The predicted octanol–water partition coefficient (Wildman–Crippen LogP) is 1.88. The number of carboxylic acids is 1. The molecule has 0 spiro atoms. The highest BCUT2D eigenvalue weighted by Crippen LogP contribution is 2.23. The summed E-state index contributed by atoms with van der Waals surface area (Å²) in [5.74, 6) is -1.47. The number of para-hydroxylation sites is 1. The zero-order chi connectivity index (χ0) is 14.6. The second kappa shape index (κ2) is 6.22. The molecule has 0 unspecified atom stereocenters. The Morgan fingerprint density at radius 3 is 2.47 bits per heavy atom. The molecule has 0 heterocycles. The largest absolute Gasteiger partial charge is 0.507 e. The molecule has 0 radical (unpaired) electrons.